The Morgan fingerprint density at radius 2 is 2.29 bits per heavy atom. The molecule has 2 atom stereocenters. The van der Waals surface area contributed by atoms with Crippen LogP contribution in [-0.2, 0) is 0 Å². The van der Waals surface area contributed by atoms with E-state index in [1.807, 2.05) is 6.07 Å². The number of nitrogens with zero attached hydrogens (tertiary/aromatic N) is 2. The van der Waals surface area contributed by atoms with Gasteiger partial charge < -0.3 is 16.0 Å². The lowest BCUT2D eigenvalue weighted by Gasteiger charge is -2.35. The van der Waals surface area contributed by atoms with Crippen LogP contribution in [0.1, 0.15) is 13.3 Å². The summed E-state index contributed by atoms with van der Waals surface area (Å²) in [6, 6.07) is 3.93. The Kier molecular flexibility index (Phi) is 3.74. The maximum atomic E-state index is 5.89. The Morgan fingerprint density at radius 1 is 1.53 bits per heavy atom. The number of likely N-dealkylation sites (tertiary alicyclic amines) is 1. The van der Waals surface area contributed by atoms with Crippen LogP contribution in [0.5, 0.6) is 0 Å². The zero-order chi connectivity index (χ0) is 12.4. The number of pyridine rings is 1. The van der Waals surface area contributed by atoms with E-state index in [1.54, 1.807) is 6.07 Å². The molecule has 2 heterocycles. The summed E-state index contributed by atoms with van der Waals surface area (Å²) in [5, 5.41) is 3.87. The van der Waals surface area contributed by atoms with Crippen molar-refractivity contribution in [3.8, 4) is 0 Å². The van der Waals surface area contributed by atoms with Crippen molar-refractivity contribution in [2.75, 3.05) is 31.2 Å². The van der Waals surface area contributed by atoms with Gasteiger partial charge in [0.15, 0.2) is 0 Å². The minimum Gasteiger partial charge on any atom is -0.399 e. The van der Waals surface area contributed by atoms with Gasteiger partial charge in [0.05, 0.1) is 0 Å². The molecular formula is C12H19ClN4. The fourth-order valence-electron chi connectivity index (χ4n) is 2.35. The van der Waals surface area contributed by atoms with Crippen LogP contribution >= 0.6 is 11.6 Å². The highest BCUT2D eigenvalue weighted by Gasteiger charge is 2.24. The lowest BCUT2D eigenvalue weighted by Crippen LogP contribution is -2.43. The van der Waals surface area contributed by atoms with Gasteiger partial charge in [0.1, 0.15) is 11.0 Å². The van der Waals surface area contributed by atoms with Crippen molar-refractivity contribution in [2.45, 2.75) is 19.4 Å². The second-order valence-corrected chi connectivity index (χ2v) is 5.27. The predicted molar refractivity (Wildman–Crippen MR) is 72.3 cm³/mol. The molecule has 17 heavy (non-hydrogen) atoms. The second-order valence-electron chi connectivity index (χ2n) is 4.89. The molecule has 4 nitrogen and oxygen atoms in total. The zero-order valence-electron chi connectivity index (χ0n) is 10.3. The maximum absolute atomic E-state index is 5.89. The molecule has 0 saturated carbocycles. The fraction of sp³-hybridized carbons (Fsp3) is 0.583. The molecule has 1 aliphatic rings. The molecule has 2 unspecified atom stereocenters. The van der Waals surface area contributed by atoms with Crippen LogP contribution in [0.3, 0.4) is 0 Å². The van der Waals surface area contributed by atoms with Crippen LogP contribution in [0.25, 0.3) is 0 Å². The summed E-state index contributed by atoms with van der Waals surface area (Å²) in [6.07, 6.45) is 1.12. The number of nitrogen functional groups attached to an aromatic ring is 1. The third-order valence-corrected chi connectivity index (χ3v) is 3.45. The zero-order valence-corrected chi connectivity index (χ0v) is 11.0. The molecule has 0 bridgehead atoms. The molecule has 1 aromatic rings. The van der Waals surface area contributed by atoms with Crippen molar-refractivity contribution in [3.63, 3.8) is 0 Å². The topological polar surface area (TPSA) is 54.2 Å². The van der Waals surface area contributed by atoms with E-state index < -0.39 is 0 Å². The Morgan fingerprint density at radius 3 is 2.94 bits per heavy atom. The number of aromatic nitrogens is 1. The third kappa shape index (κ3) is 3.23. The van der Waals surface area contributed by atoms with Crippen molar-refractivity contribution in [1.29, 1.82) is 0 Å². The van der Waals surface area contributed by atoms with Crippen molar-refractivity contribution in [1.82, 2.24) is 9.88 Å². The Balaban J connectivity index is 2.05. The first-order valence-corrected chi connectivity index (χ1v) is 6.30. The van der Waals surface area contributed by atoms with Gasteiger partial charge in [-0.25, -0.2) is 4.98 Å². The molecule has 0 amide bonds. The number of nitrogens with two attached hydrogens (primary N) is 1. The highest BCUT2D eigenvalue weighted by molar-refractivity contribution is 6.29. The van der Waals surface area contributed by atoms with Crippen LogP contribution in [0, 0.1) is 5.92 Å². The normalized spacial score (nSPS) is 25.8. The minimum atomic E-state index is 0.438. The lowest BCUT2D eigenvalue weighted by molar-refractivity contribution is 0.206. The third-order valence-electron chi connectivity index (χ3n) is 3.26. The van der Waals surface area contributed by atoms with Crippen LogP contribution in [0.15, 0.2) is 12.1 Å². The monoisotopic (exact) mass is 254 g/mol. The molecule has 0 spiro atoms. The Bertz CT molecular complexity index is 376. The van der Waals surface area contributed by atoms with Crippen molar-refractivity contribution >= 4 is 23.1 Å². The van der Waals surface area contributed by atoms with Gasteiger partial charge in [-0.3, -0.25) is 0 Å². The van der Waals surface area contributed by atoms with Gasteiger partial charge in [-0.05, 0) is 32.0 Å². The number of hydrogen-bond acceptors (Lipinski definition) is 4. The highest BCUT2D eigenvalue weighted by atomic mass is 35.5. The summed E-state index contributed by atoms with van der Waals surface area (Å²) in [7, 11) is 2.16. The quantitative estimate of drug-likeness (QED) is 0.794. The van der Waals surface area contributed by atoms with Gasteiger partial charge >= 0.3 is 0 Å². The molecule has 0 radical (unpaired) electrons. The van der Waals surface area contributed by atoms with Gasteiger partial charge in [0.2, 0.25) is 0 Å². The highest BCUT2D eigenvalue weighted by Crippen LogP contribution is 2.22. The summed E-state index contributed by atoms with van der Waals surface area (Å²) in [6.45, 7) is 4.47. The van der Waals surface area contributed by atoms with Crippen molar-refractivity contribution < 1.29 is 0 Å². The number of hydrogen-bond donors (Lipinski definition) is 2. The number of piperidine rings is 1. The lowest BCUT2D eigenvalue weighted by atomic mass is 9.94. The van der Waals surface area contributed by atoms with E-state index in [2.05, 4.69) is 29.2 Å². The van der Waals surface area contributed by atoms with E-state index in [0.29, 0.717) is 22.8 Å². The SMILES string of the molecule is CC1CN(C)CCC1Nc1cc(N)cc(Cl)n1. The van der Waals surface area contributed by atoms with E-state index in [4.69, 9.17) is 17.3 Å². The van der Waals surface area contributed by atoms with Crippen molar-refractivity contribution in [2.24, 2.45) is 5.92 Å². The summed E-state index contributed by atoms with van der Waals surface area (Å²) < 4.78 is 0. The van der Waals surface area contributed by atoms with Crippen molar-refractivity contribution in [3.05, 3.63) is 17.3 Å². The van der Waals surface area contributed by atoms with Crippen LogP contribution in [-0.4, -0.2) is 36.1 Å². The molecule has 94 valence electrons. The molecule has 5 heteroatoms. The molecule has 3 N–H and O–H groups in total. The molecule has 1 fully saturated rings. The fourth-order valence-corrected chi connectivity index (χ4v) is 2.57. The largest absolute Gasteiger partial charge is 0.399 e. The first-order chi connectivity index (χ1) is 8.04. The van der Waals surface area contributed by atoms with Crippen LogP contribution in [0.4, 0.5) is 11.5 Å². The summed E-state index contributed by atoms with van der Waals surface area (Å²) in [5.74, 6) is 1.37. The summed E-state index contributed by atoms with van der Waals surface area (Å²) in [4.78, 5) is 6.59. The molecule has 0 aromatic carbocycles. The van der Waals surface area contributed by atoms with E-state index >= 15 is 0 Å². The minimum absolute atomic E-state index is 0.438. The molecule has 1 saturated heterocycles. The number of anilines is 2. The Labute approximate surface area is 107 Å². The average molecular weight is 255 g/mol. The maximum Gasteiger partial charge on any atom is 0.133 e. The smallest absolute Gasteiger partial charge is 0.133 e. The summed E-state index contributed by atoms with van der Waals surface area (Å²) in [5.41, 5.74) is 6.39. The van der Waals surface area contributed by atoms with Gasteiger partial charge in [0, 0.05) is 24.3 Å². The Hall–Kier alpha value is -1.00. The predicted octanol–water partition coefficient (Wildman–Crippen LogP) is 2.07. The molecule has 1 aliphatic heterocycles. The number of nitrogens with one attached hydrogen (secondary N) is 1. The molecule has 0 aliphatic carbocycles. The van der Waals surface area contributed by atoms with Crippen LogP contribution in [0.2, 0.25) is 5.15 Å². The van der Waals surface area contributed by atoms with Gasteiger partial charge in [0.25, 0.3) is 0 Å². The first kappa shape index (κ1) is 12.5. The van der Waals surface area contributed by atoms with E-state index in [9.17, 15) is 0 Å². The number of rotatable bonds is 2. The van der Waals surface area contributed by atoms with E-state index in [0.717, 1.165) is 25.3 Å². The molecule has 1 aromatic heterocycles. The van der Waals surface area contributed by atoms with E-state index in [-0.39, 0.29) is 0 Å². The molecule has 2 rings (SSSR count). The molecular weight excluding hydrogens is 236 g/mol. The number of halogens is 1. The average Bonchev–Trinajstić information content (AvgIpc) is 2.21. The van der Waals surface area contributed by atoms with Gasteiger partial charge in [-0.2, -0.15) is 0 Å². The van der Waals surface area contributed by atoms with E-state index in [1.165, 1.54) is 0 Å². The second kappa shape index (κ2) is 5.10. The standard InChI is InChI=1S/C12H19ClN4/c1-8-7-17(2)4-3-10(8)15-12-6-9(14)5-11(13)16-12/h5-6,8,10H,3-4,7H2,1-2H3,(H3,14,15,16). The van der Waals surface area contributed by atoms with Gasteiger partial charge in [-0.15, -0.1) is 0 Å². The van der Waals surface area contributed by atoms with Gasteiger partial charge in [-0.1, -0.05) is 18.5 Å². The first-order valence-electron chi connectivity index (χ1n) is 5.93. The summed E-state index contributed by atoms with van der Waals surface area (Å²) >= 11 is 5.89. The van der Waals surface area contributed by atoms with Crippen LogP contribution < -0.4 is 11.1 Å².